The third-order valence-electron chi connectivity index (χ3n) is 2.74. The van der Waals surface area contributed by atoms with Gasteiger partial charge in [0.1, 0.15) is 5.01 Å². The van der Waals surface area contributed by atoms with E-state index >= 15 is 0 Å². The van der Waals surface area contributed by atoms with E-state index in [1.807, 2.05) is 19.2 Å². The Morgan fingerprint density at radius 3 is 2.67 bits per heavy atom. The minimum absolute atomic E-state index is 0.0547. The summed E-state index contributed by atoms with van der Waals surface area (Å²) in [4.78, 5) is 16.1. The van der Waals surface area contributed by atoms with Crippen LogP contribution in [-0.4, -0.2) is 23.5 Å². The minimum atomic E-state index is -0.198. The Bertz CT molecular complexity index is 351. The molecule has 0 saturated heterocycles. The molecule has 102 valence electrons. The van der Waals surface area contributed by atoms with E-state index in [0.29, 0.717) is 5.92 Å². The number of hydrogen-bond acceptors (Lipinski definition) is 4. The molecule has 5 heteroatoms. The molecular weight excluding hydrogens is 246 g/mol. The highest BCUT2D eigenvalue weighted by Crippen LogP contribution is 2.15. The van der Waals surface area contributed by atoms with Crippen molar-refractivity contribution in [2.45, 2.75) is 46.2 Å². The summed E-state index contributed by atoms with van der Waals surface area (Å²) in [6.07, 6.45) is 2.80. The Morgan fingerprint density at radius 2 is 2.11 bits per heavy atom. The van der Waals surface area contributed by atoms with E-state index in [9.17, 15) is 4.79 Å². The van der Waals surface area contributed by atoms with Gasteiger partial charge in [0.25, 0.3) is 0 Å². The van der Waals surface area contributed by atoms with Gasteiger partial charge < -0.3 is 5.32 Å². The average Bonchev–Trinajstić information content (AvgIpc) is 2.81. The monoisotopic (exact) mass is 269 g/mol. The average molecular weight is 269 g/mol. The second kappa shape index (κ2) is 7.48. The zero-order valence-corrected chi connectivity index (χ0v) is 12.4. The molecule has 0 bridgehead atoms. The molecule has 2 unspecified atom stereocenters. The predicted molar refractivity (Wildman–Crippen MR) is 75.6 cm³/mol. The van der Waals surface area contributed by atoms with E-state index in [4.69, 9.17) is 0 Å². The van der Waals surface area contributed by atoms with Crippen molar-refractivity contribution in [3.63, 3.8) is 0 Å². The lowest BCUT2D eigenvalue weighted by molar-refractivity contribution is -0.122. The number of nitrogens with zero attached hydrogens (tertiary/aromatic N) is 1. The maximum absolute atomic E-state index is 11.8. The smallest absolute Gasteiger partial charge is 0.236 e. The molecule has 4 nitrogen and oxygen atoms in total. The van der Waals surface area contributed by atoms with Crippen LogP contribution in [0.5, 0.6) is 0 Å². The van der Waals surface area contributed by atoms with Crippen molar-refractivity contribution in [1.82, 2.24) is 15.6 Å². The summed E-state index contributed by atoms with van der Waals surface area (Å²) in [5, 5.41) is 9.16. The van der Waals surface area contributed by atoms with Gasteiger partial charge in [-0.1, -0.05) is 13.8 Å². The number of thiazole rings is 1. The zero-order valence-electron chi connectivity index (χ0n) is 11.6. The third kappa shape index (κ3) is 5.14. The van der Waals surface area contributed by atoms with Gasteiger partial charge >= 0.3 is 0 Å². The van der Waals surface area contributed by atoms with Crippen LogP contribution in [0.25, 0.3) is 0 Å². The first-order valence-electron chi connectivity index (χ1n) is 6.43. The number of aromatic nitrogens is 1. The summed E-state index contributed by atoms with van der Waals surface area (Å²) >= 11 is 1.60. The molecule has 0 spiro atoms. The van der Waals surface area contributed by atoms with Crippen LogP contribution in [0.3, 0.4) is 0 Å². The summed E-state index contributed by atoms with van der Waals surface area (Å²) in [6, 6.07) is -0.0908. The van der Waals surface area contributed by atoms with E-state index in [2.05, 4.69) is 29.5 Å². The summed E-state index contributed by atoms with van der Waals surface area (Å²) < 4.78 is 0. The van der Waals surface area contributed by atoms with Gasteiger partial charge in [0, 0.05) is 18.1 Å². The minimum Gasteiger partial charge on any atom is -0.355 e. The highest BCUT2D eigenvalue weighted by Gasteiger charge is 2.16. The van der Waals surface area contributed by atoms with Crippen molar-refractivity contribution < 1.29 is 4.79 Å². The van der Waals surface area contributed by atoms with E-state index in [0.717, 1.165) is 18.0 Å². The van der Waals surface area contributed by atoms with E-state index in [-0.39, 0.29) is 18.0 Å². The number of amides is 1. The van der Waals surface area contributed by atoms with Crippen LogP contribution in [-0.2, 0) is 4.79 Å². The molecule has 0 fully saturated rings. The molecule has 1 amide bonds. The molecule has 1 heterocycles. The first kappa shape index (κ1) is 15.1. The molecule has 0 aliphatic carbocycles. The van der Waals surface area contributed by atoms with E-state index < -0.39 is 0 Å². The normalized spacial score (nSPS) is 14.5. The first-order valence-corrected chi connectivity index (χ1v) is 7.31. The molecule has 1 aromatic heterocycles. The third-order valence-corrected chi connectivity index (χ3v) is 3.69. The predicted octanol–water partition coefficient (Wildman–Crippen LogP) is 2.34. The van der Waals surface area contributed by atoms with Gasteiger partial charge in [-0.25, -0.2) is 4.98 Å². The number of carbonyl (C=O) groups excluding carboxylic acids is 1. The van der Waals surface area contributed by atoms with Crippen molar-refractivity contribution in [2.75, 3.05) is 6.54 Å². The Kier molecular flexibility index (Phi) is 6.29. The molecule has 0 aromatic carbocycles. The zero-order chi connectivity index (χ0) is 13.5. The van der Waals surface area contributed by atoms with Gasteiger partial charge in [-0.15, -0.1) is 11.3 Å². The molecule has 2 N–H and O–H groups in total. The summed E-state index contributed by atoms with van der Waals surface area (Å²) in [5.41, 5.74) is 0. The maximum Gasteiger partial charge on any atom is 0.236 e. The lowest BCUT2D eigenvalue weighted by atomic mass is 10.1. The van der Waals surface area contributed by atoms with Crippen molar-refractivity contribution in [1.29, 1.82) is 0 Å². The molecule has 18 heavy (non-hydrogen) atoms. The van der Waals surface area contributed by atoms with Gasteiger partial charge in [0.15, 0.2) is 0 Å². The Balaban J connectivity index is 2.31. The van der Waals surface area contributed by atoms with Crippen LogP contribution in [0, 0.1) is 5.92 Å². The fraction of sp³-hybridized carbons (Fsp3) is 0.692. The number of rotatable bonds is 7. The molecule has 1 aromatic rings. The van der Waals surface area contributed by atoms with Crippen LogP contribution < -0.4 is 10.6 Å². The van der Waals surface area contributed by atoms with Gasteiger partial charge in [-0.2, -0.15) is 0 Å². The second-order valence-electron chi connectivity index (χ2n) is 4.95. The van der Waals surface area contributed by atoms with Crippen molar-refractivity contribution in [3.05, 3.63) is 16.6 Å². The number of hydrogen-bond donors (Lipinski definition) is 2. The van der Waals surface area contributed by atoms with Gasteiger partial charge in [-0.05, 0) is 26.2 Å². The number of carbonyl (C=O) groups is 1. The summed E-state index contributed by atoms with van der Waals surface area (Å²) in [7, 11) is 0. The fourth-order valence-electron chi connectivity index (χ4n) is 1.61. The van der Waals surface area contributed by atoms with E-state index in [1.54, 1.807) is 17.5 Å². The molecule has 2 atom stereocenters. The Hall–Kier alpha value is -0.940. The SMILES string of the molecule is CC(C)CCNC(=O)C(C)NC(C)c1nccs1. The van der Waals surface area contributed by atoms with Crippen LogP contribution in [0.2, 0.25) is 0 Å². The standard InChI is InChI=1S/C13H23N3OS/c1-9(2)5-6-14-12(17)10(3)16-11(4)13-15-7-8-18-13/h7-11,16H,5-6H2,1-4H3,(H,14,17). The second-order valence-corrected chi connectivity index (χ2v) is 5.88. The summed E-state index contributed by atoms with van der Waals surface area (Å²) in [6.45, 7) is 8.95. The quantitative estimate of drug-likeness (QED) is 0.799. The molecule has 0 aliphatic heterocycles. The summed E-state index contributed by atoms with van der Waals surface area (Å²) in [5.74, 6) is 0.668. The lowest BCUT2D eigenvalue weighted by Gasteiger charge is -2.18. The highest BCUT2D eigenvalue weighted by molar-refractivity contribution is 7.09. The van der Waals surface area contributed by atoms with Crippen LogP contribution >= 0.6 is 11.3 Å². The highest BCUT2D eigenvalue weighted by atomic mass is 32.1. The van der Waals surface area contributed by atoms with Gasteiger partial charge in [-0.3, -0.25) is 10.1 Å². The topological polar surface area (TPSA) is 54.0 Å². The lowest BCUT2D eigenvalue weighted by Crippen LogP contribution is -2.43. The van der Waals surface area contributed by atoms with E-state index in [1.165, 1.54) is 0 Å². The van der Waals surface area contributed by atoms with Crippen molar-refractivity contribution in [2.24, 2.45) is 5.92 Å². The Labute approximate surface area is 113 Å². The fourth-order valence-corrected chi connectivity index (χ4v) is 2.26. The van der Waals surface area contributed by atoms with Crippen LogP contribution in [0.15, 0.2) is 11.6 Å². The molecule has 0 aliphatic rings. The van der Waals surface area contributed by atoms with Gasteiger partial charge in [0.2, 0.25) is 5.91 Å². The largest absolute Gasteiger partial charge is 0.355 e. The molecule has 1 rings (SSSR count). The molecular formula is C13H23N3OS. The number of nitrogens with one attached hydrogen (secondary N) is 2. The van der Waals surface area contributed by atoms with Crippen molar-refractivity contribution in [3.8, 4) is 0 Å². The molecule has 0 saturated carbocycles. The van der Waals surface area contributed by atoms with Gasteiger partial charge in [0.05, 0.1) is 12.1 Å². The molecule has 0 radical (unpaired) electrons. The Morgan fingerprint density at radius 1 is 1.39 bits per heavy atom. The maximum atomic E-state index is 11.8. The van der Waals surface area contributed by atoms with Crippen molar-refractivity contribution >= 4 is 17.2 Å². The van der Waals surface area contributed by atoms with Crippen LogP contribution in [0.4, 0.5) is 0 Å². The van der Waals surface area contributed by atoms with Crippen LogP contribution in [0.1, 0.15) is 45.2 Å². The first-order chi connectivity index (χ1) is 8.50.